The fourth-order valence-corrected chi connectivity index (χ4v) is 1.12. The fourth-order valence-electron chi connectivity index (χ4n) is 1.12. The van der Waals surface area contributed by atoms with Gasteiger partial charge in [-0.25, -0.2) is 4.98 Å². The Hall–Kier alpha value is -1.38. The van der Waals surface area contributed by atoms with Gasteiger partial charge >= 0.3 is 0 Å². The number of rotatable bonds is 3. The second kappa shape index (κ2) is 6.13. The molecule has 0 bridgehead atoms. The van der Waals surface area contributed by atoms with Gasteiger partial charge in [-0.3, -0.25) is 0 Å². The van der Waals surface area contributed by atoms with Crippen LogP contribution in [0.2, 0.25) is 0 Å². The maximum Gasteiger partial charge on any atom is 0.115 e. The molecule has 1 N–H and O–H groups in total. The molecule has 14 heavy (non-hydrogen) atoms. The van der Waals surface area contributed by atoms with E-state index in [1.165, 1.54) is 6.21 Å². The lowest BCUT2D eigenvalue weighted by atomic mass is 10.2. The van der Waals surface area contributed by atoms with E-state index >= 15 is 0 Å². The molecule has 1 rings (SSSR count). The average molecular weight is 193 g/mol. The van der Waals surface area contributed by atoms with Gasteiger partial charge in [-0.15, -0.1) is 0 Å². The smallest absolute Gasteiger partial charge is 0.115 e. The molecule has 0 radical (unpaired) electrons. The first-order valence-corrected chi connectivity index (χ1v) is 4.90. The summed E-state index contributed by atoms with van der Waals surface area (Å²) in [5.41, 5.74) is 0.772. The van der Waals surface area contributed by atoms with Gasteiger partial charge in [-0.1, -0.05) is 34.3 Å². The minimum atomic E-state index is 0.358. The number of hydrogen-bond acceptors (Lipinski definition) is 2. The zero-order chi connectivity index (χ0) is 11.1. The van der Waals surface area contributed by atoms with Crippen molar-refractivity contribution < 1.29 is 0 Å². The first kappa shape index (κ1) is 12.6. The van der Waals surface area contributed by atoms with E-state index in [1.807, 2.05) is 18.4 Å². The van der Waals surface area contributed by atoms with Crippen LogP contribution in [-0.2, 0) is 0 Å². The SMILES string of the molecule is C=Cn1c(C=N)cnc1C(C)C.CC. The molecule has 1 aromatic rings. The molecule has 0 atom stereocenters. The lowest BCUT2D eigenvalue weighted by Gasteiger charge is -2.05. The topological polar surface area (TPSA) is 41.7 Å². The van der Waals surface area contributed by atoms with Crippen LogP contribution in [0.15, 0.2) is 12.8 Å². The molecular formula is C11H19N3. The molecule has 0 aliphatic rings. The molecule has 0 aliphatic carbocycles. The molecule has 0 spiro atoms. The van der Waals surface area contributed by atoms with E-state index in [2.05, 4.69) is 25.4 Å². The molecule has 3 nitrogen and oxygen atoms in total. The van der Waals surface area contributed by atoms with Crippen LogP contribution in [-0.4, -0.2) is 15.8 Å². The number of nitrogens with zero attached hydrogens (tertiary/aromatic N) is 2. The van der Waals surface area contributed by atoms with Crippen LogP contribution in [0, 0.1) is 5.41 Å². The average Bonchev–Trinajstić information content (AvgIpc) is 2.63. The standard InChI is InChI=1S/C9H13N3.C2H6/c1-4-12-8(5-10)6-11-9(12)7(2)3;1-2/h4-7,10H,1H2,2-3H3;1-2H3. The van der Waals surface area contributed by atoms with Crippen molar-refractivity contribution in [3.05, 3.63) is 24.3 Å². The second-order valence-electron chi connectivity index (χ2n) is 2.89. The van der Waals surface area contributed by atoms with E-state index in [0.717, 1.165) is 11.5 Å². The Morgan fingerprint density at radius 1 is 1.50 bits per heavy atom. The summed E-state index contributed by atoms with van der Waals surface area (Å²) in [6, 6.07) is 0. The highest BCUT2D eigenvalue weighted by Gasteiger charge is 2.08. The van der Waals surface area contributed by atoms with Crippen LogP contribution in [0.1, 0.15) is 45.1 Å². The highest BCUT2D eigenvalue weighted by atomic mass is 15.1. The summed E-state index contributed by atoms with van der Waals surface area (Å²) in [4.78, 5) is 4.20. The normalized spacial score (nSPS) is 9.21. The fraction of sp³-hybridized carbons (Fsp3) is 0.455. The summed E-state index contributed by atoms with van der Waals surface area (Å²) in [6.07, 6.45) is 4.65. The van der Waals surface area contributed by atoms with Crippen molar-refractivity contribution in [2.75, 3.05) is 0 Å². The Kier molecular flexibility index (Phi) is 5.53. The first-order chi connectivity index (χ1) is 6.70. The highest BCUT2D eigenvalue weighted by Crippen LogP contribution is 2.14. The zero-order valence-corrected chi connectivity index (χ0v) is 9.41. The summed E-state index contributed by atoms with van der Waals surface area (Å²) in [6.45, 7) is 11.8. The molecule has 1 heterocycles. The number of imidazole rings is 1. The third-order valence-electron chi connectivity index (χ3n) is 1.70. The predicted octanol–water partition coefficient (Wildman–Crippen LogP) is 3.13. The predicted molar refractivity (Wildman–Crippen MR) is 61.9 cm³/mol. The second-order valence-corrected chi connectivity index (χ2v) is 2.89. The van der Waals surface area contributed by atoms with E-state index in [1.54, 1.807) is 12.4 Å². The summed E-state index contributed by atoms with van der Waals surface area (Å²) in [5, 5.41) is 7.11. The minimum absolute atomic E-state index is 0.358. The molecule has 0 aliphatic heterocycles. The molecule has 0 saturated heterocycles. The summed E-state index contributed by atoms with van der Waals surface area (Å²) in [5.74, 6) is 1.31. The number of hydrogen-bond donors (Lipinski definition) is 1. The van der Waals surface area contributed by atoms with E-state index in [-0.39, 0.29) is 0 Å². The molecule has 0 saturated carbocycles. The zero-order valence-electron chi connectivity index (χ0n) is 9.41. The van der Waals surface area contributed by atoms with Crippen molar-refractivity contribution in [3.8, 4) is 0 Å². The van der Waals surface area contributed by atoms with Crippen LogP contribution >= 0.6 is 0 Å². The van der Waals surface area contributed by atoms with Crippen molar-refractivity contribution in [2.24, 2.45) is 0 Å². The summed E-state index contributed by atoms with van der Waals surface area (Å²) >= 11 is 0. The lowest BCUT2D eigenvalue weighted by Crippen LogP contribution is -2.01. The van der Waals surface area contributed by atoms with Crippen molar-refractivity contribution >= 4 is 12.4 Å². The quantitative estimate of drug-likeness (QED) is 0.736. The third kappa shape index (κ3) is 2.55. The Morgan fingerprint density at radius 3 is 2.43 bits per heavy atom. The Bertz CT molecular complexity index is 297. The summed E-state index contributed by atoms with van der Waals surface area (Å²) < 4.78 is 1.83. The monoisotopic (exact) mass is 193 g/mol. The van der Waals surface area contributed by atoms with Gasteiger partial charge < -0.3 is 9.98 Å². The van der Waals surface area contributed by atoms with E-state index in [4.69, 9.17) is 5.41 Å². The van der Waals surface area contributed by atoms with Crippen LogP contribution in [0.25, 0.3) is 6.20 Å². The van der Waals surface area contributed by atoms with Crippen molar-refractivity contribution in [2.45, 2.75) is 33.6 Å². The Balaban J connectivity index is 0.000000791. The van der Waals surface area contributed by atoms with E-state index < -0.39 is 0 Å². The highest BCUT2D eigenvalue weighted by molar-refractivity contribution is 5.75. The van der Waals surface area contributed by atoms with Gasteiger partial charge in [0.15, 0.2) is 0 Å². The van der Waals surface area contributed by atoms with Crippen LogP contribution in [0.3, 0.4) is 0 Å². The molecule has 0 amide bonds. The van der Waals surface area contributed by atoms with Crippen LogP contribution in [0.5, 0.6) is 0 Å². The van der Waals surface area contributed by atoms with Crippen LogP contribution in [0.4, 0.5) is 0 Å². The minimum Gasteiger partial charge on any atom is -0.307 e. The molecule has 0 unspecified atom stereocenters. The first-order valence-electron chi connectivity index (χ1n) is 4.90. The molecule has 1 aromatic heterocycles. The number of nitrogens with one attached hydrogen (secondary N) is 1. The van der Waals surface area contributed by atoms with Crippen LogP contribution < -0.4 is 0 Å². The molecule has 78 valence electrons. The van der Waals surface area contributed by atoms with Gasteiger partial charge in [0, 0.05) is 18.3 Å². The van der Waals surface area contributed by atoms with Gasteiger partial charge in [0.2, 0.25) is 0 Å². The number of aromatic nitrogens is 2. The van der Waals surface area contributed by atoms with Crippen molar-refractivity contribution in [3.63, 3.8) is 0 Å². The molecule has 0 fully saturated rings. The molecular weight excluding hydrogens is 174 g/mol. The largest absolute Gasteiger partial charge is 0.307 e. The molecule has 0 aromatic carbocycles. The lowest BCUT2D eigenvalue weighted by molar-refractivity contribution is 0.764. The van der Waals surface area contributed by atoms with Gasteiger partial charge in [0.05, 0.1) is 11.9 Å². The van der Waals surface area contributed by atoms with Crippen molar-refractivity contribution in [1.82, 2.24) is 9.55 Å². The van der Waals surface area contributed by atoms with Gasteiger partial charge in [-0.05, 0) is 0 Å². The van der Waals surface area contributed by atoms with E-state index in [9.17, 15) is 0 Å². The maximum absolute atomic E-state index is 7.11. The Morgan fingerprint density at radius 2 is 2.07 bits per heavy atom. The maximum atomic E-state index is 7.11. The third-order valence-corrected chi connectivity index (χ3v) is 1.70. The van der Waals surface area contributed by atoms with Gasteiger partial charge in [-0.2, -0.15) is 0 Å². The van der Waals surface area contributed by atoms with Gasteiger partial charge in [0.25, 0.3) is 0 Å². The molecule has 3 heteroatoms. The summed E-state index contributed by atoms with van der Waals surface area (Å²) in [7, 11) is 0. The van der Waals surface area contributed by atoms with Crippen molar-refractivity contribution in [1.29, 1.82) is 5.41 Å². The van der Waals surface area contributed by atoms with Gasteiger partial charge in [0.1, 0.15) is 5.82 Å². The van der Waals surface area contributed by atoms with E-state index in [0.29, 0.717) is 5.92 Å². The Labute approximate surface area is 86.0 Å².